The second-order valence-electron chi connectivity index (χ2n) is 8.72. The molecule has 1 aliphatic carbocycles. The van der Waals surface area contributed by atoms with Gasteiger partial charge in [-0.15, -0.1) is 0 Å². The molecule has 0 aromatic carbocycles. The lowest BCUT2D eigenvalue weighted by atomic mass is 9.81. The normalized spacial score (nSPS) is 30.0. The maximum atomic E-state index is 11.7. The van der Waals surface area contributed by atoms with Gasteiger partial charge in [-0.3, -0.25) is 4.79 Å². The van der Waals surface area contributed by atoms with E-state index < -0.39 is 5.60 Å². The standard InChI is InChI=1S/C20H36N2O3/c1-17(23)21(2)18-7-14-25-20(15-18)10-12-22(13-11-20)16-19(24)8-5-3-4-6-9-19/h18,24H,3-16H2,1-2H3/t18-/m0/s1. The van der Waals surface area contributed by atoms with E-state index in [2.05, 4.69) is 4.90 Å². The van der Waals surface area contributed by atoms with E-state index in [0.29, 0.717) is 6.04 Å². The van der Waals surface area contributed by atoms with E-state index in [4.69, 9.17) is 4.74 Å². The number of aliphatic hydroxyl groups is 1. The Bertz CT molecular complexity index is 452. The van der Waals surface area contributed by atoms with Gasteiger partial charge in [0, 0.05) is 46.3 Å². The average Bonchev–Trinajstić information content (AvgIpc) is 2.81. The quantitative estimate of drug-likeness (QED) is 0.793. The third-order valence-electron chi connectivity index (χ3n) is 6.83. The summed E-state index contributed by atoms with van der Waals surface area (Å²) in [4.78, 5) is 16.0. The van der Waals surface area contributed by atoms with Gasteiger partial charge in [-0.25, -0.2) is 0 Å². The van der Waals surface area contributed by atoms with Crippen molar-refractivity contribution in [2.75, 3.05) is 33.3 Å². The molecule has 2 saturated heterocycles. The van der Waals surface area contributed by atoms with Crippen LogP contribution in [0.2, 0.25) is 0 Å². The number of amides is 1. The zero-order valence-electron chi connectivity index (χ0n) is 16.1. The molecule has 0 aromatic rings. The van der Waals surface area contributed by atoms with E-state index in [1.807, 2.05) is 11.9 Å². The van der Waals surface area contributed by atoms with Crippen molar-refractivity contribution in [1.29, 1.82) is 0 Å². The Hall–Kier alpha value is -0.650. The summed E-state index contributed by atoms with van der Waals surface area (Å²) < 4.78 is 6.22. The molecule has 2 heterocycles. The fraction of sp³-hybridized carbons (Fsp3) is 0.950. The second-order valence-corrected chi connectivity index (χ2v) is 8.72. The number of hydrogen-bond acceptors (Lipinski definition) is 4. The highest BCUT2D eigenvalue weighted by atomic mass is 16.5. The third-order valence-corrected chi connectivity index (χ3v) is 6.83. The van der Waals surface area contributed by atoms with Crippen molar-refractivity contribution in [3.63, 3.8) is 0 Å². The molecule has 25 heavy (non-hydrogen) atoms. The number of carbonyl (C=O) groups excluding carboxylic acids is 1. The molecule has 0 radical (unpaired) electrons. The molecule has 3 aliphatic rings. The van der Waals surface area contributed by atoms with Crippen LogP contribution in [-0.4, -0.2) is 71.3 Å². The Kier molecular flexibility index (Phi) is 6.07. The van der Waals surface area contributed by atoms with Crippen LogP contribution in [0, 0.1) is 0 Å². The van der Waals surface area contributed by atoms with Crippen LogP contribution in [-0.2, 0) is 9.53 Å². The van der Waals surface area contributed by atoms with Gasteiger partial charge < -0.3 is 19.6 Å². The van der Waals surface area contributed by atoms with Crippen molar-refractivity contribution >= 4 is 5.91 Å². The van der Waals surface area contributed by atoms with Crippen molar-refractivity contribution in [2.45, 2.75) is 88.4 Å². The van der Waals surface area contributed by atoms with Crippen LogP contribution in [0.25, 0.3) is 0 Å². The fourth-order valence-electron chi connectivity index (χ4n) is 5.02. The van der Waals surface area contributed by atoms with Gasteiger partial charge in [-0.2, -0.15) is 0 Å². The van der Waals surface area contributed by atoms with Gasteiger partial charge in [-0.1, -0.05) is 25.7 Å². The Morgan fingerprint density at radius 2 is 1.80 bits per heavy atom. The SMILES string of the molecule is CC(=O)N(C)[C@H]1CCOC2(CCN(CC3(O)CCCCCC3)CC2)C1. The number of hydrogen-bond donors (Lipinski definition) is 1. The molecule has 1 spiro atoms. The second kappa shape index (κ2) is 7.93. The van der Waals surface area contributed by atoms with Gasteiger partial charge in [0.25, 0.3) is 0 Å². The summed E-state index contributed by atoms with van der Waals surface area (Å²) in [6.45, 7) is 5.22. The molecule has 3 fully saturated rings. The minimum atomic E-state index is -0.480. The first kappa shape index (κ1) is 19.1. The smallest absolute Gasteiger partial charge is 0.219 e. The first-order valence-corrected chi connectivity index (χ1v) is 10.2. The first-order chi connectivity index (χ1) is 11.9. The van der Waals surface area contributed by atoms with Gasteiger partial charge in [0.1, 0.15) is 0 Å². The van der Waals surface area contributed by atoms with Crippen LogP contribution in [0.5, 0.6) is 0 Å². The molecule has 1 atom stereocenters. The lowest BCUT2D eigenvalue weighted by Gasteiger charge is -2.48. The highest BCUT2D eigenvalue weighted by Gasteiger charge is 2.42. The van der Waals surface area contributed by atoms with Crippen LogP contribution in [0.3, 0.4) is 0 Å². The summed E-state index contributed by atoms with van der Waals surface area (Å²) in [5.41, 5.74) is -0.541. The average molecular weight is 353 g/mol. The summed E-state index contributed by atoms with van der Waals surface area (Å²) in [5.74, 6) is 0.148. The Morgan fingerprint density at radius 1 is 1.16 bits per heavy atom. The lowest BCUT2D eigenvalue weighted by molar-refractivity contribution is -0.149. The third kappa shape index (κ3) is 4.75. The highest BCUT2D eigenvalue weighted by molar-refractivity contribution is 5.73. The highest BCUT2D eigenvalue weighted by Crippen LogP contribution is 2.37. The number of rotatable bonds is 3. The van der Waals surface area contributed by atoms with E-state index in [0.717, 1.165) is 77.6 Å². The number of piperidine rings is 1. The maximum absolute atomic E-state index is 11.7. The predicted octanol–water partition coefficient (Wildman–Crippen LogP) is 2.56. The molecule has 1 amide bonds. The van der Waals surface area contributed by atoms with Crippen LogP contribution < -0.4 is 0 Å². The molecule has 0 bridgehead atoms. The summed E-state index contributed by atoms with van der Waals surface area (Å²) in [5, 5.41) is 11.0. The predicted molar refractivity (Wildman–Crippen MR) is 98.5 cm³/mol. The number of likely N-dealkylation sites (tertiary alicyclic amines) is 1. The number of nitrogens with zero attached hydrogens (tertiary/aromatic N) is 2. The molecule has 144 valence electrons. The van der Waals surface area contributed by atoms with Gasteiger partial charge in [0.2, 0.25) is 5.91 Å². The van der Waals surface area contributed by atoms with Gasteiger partial charge in [-0.05, 0) is 38.5 Å². The van der Waals surface area contributed by atoms with Gasteiger partial charge >= 0.3 is 0 Å². The monoisotopic (exact) mass is 352 g/mol. The Balaban J connectivity index is 1.53. The van der Waals surface area contributed by atoms with Crippen molar-refractivity contribution in [3.05, 3.63) is 0 Å². The molecule has 2 aliphatic heterocycles. The minimum Gasteiger partial charge on any atom is -0.389 e. The van der Waals surface area contributed by atoms with E-state index >= 15 is 0 Å². The number of ether oxygens (including phenoxy) is 1. The number of carbonyl (C=O) groups is 1. The van der Waals surface area contributed by atoms with Crippen LogP contribution in [0.15, 0.2) is 0 Å². The molecule has 0 aromatic heterocycles. The lowest BCUT2D eigenvalue weighted by Crippen LogP contribution is -2.55. The summed E-state index contributed by atoms with van der Waals surface area (Å²) in [6, 6.07) is 0.309. The summed E-state index contributed by atoms with van der Waals surface area (Å²) >= 11 is 0. The maximum Gasteiger partial charge on any atom is 0.219 e. The number of β-amino-alcohol motifs (C(OH)–C–C–N with tert-alkyl or cyclic N) is 1. The first-order valence-electron chi connectivity index (χ1n) is 10.2. The molecule has 1 saturated carbocycles. The summed E-state index contributed by atoms with van der Waals surface area (Å²) in [7, 11) is 1.92. The van der Waals surface area contributed by atoms with Crippen molar-refractivity contribution < 1.29 is 14.6 Å². The zero-order chi connectivity index (χ0) is 17.9. The molecule has 5 nitrogen and oxygen atoms in total. The van der Waals surface area contributed by atoms with Crippen LogP contribution >= 0.6 is 0 Å². The van der Waals surface area contributed by atoms with Gasteiger partial charge in [0.15, 0.2) is 0 Å². The topological polar surface area (TPSA) is 53.0 Å². The van der Waals surface area contributed by atoms with Crippen molar-refractivity contribution in [2.24, 2.45) is 0 Å². The van der Waals surface area contributed by atoms with Crippen LogP contribution in [0.4, 0.5) is 0 Å². The largest absolute Gasteiger partial charge is 0.389 e. The molecular weight excluding hydrogens is 316 g/mol. The van der Waals surface area contributed by atoms with Gasteiger partial charge in [0.05, 0.1) is 11.2 Å². The van der Waals surface area contributed by atoms with Crippen LogP contribution in [0.1, 0.15) is 71.1 Å². The van der Waals surface area contributed by atoms with E-state index in [1.165, 1.54) is 12.8 Å². The van der Waals surface area contributed by atoms with Crippen molar-refractivity contribution in [1.82, 2.24) is 9.80 Å². The van der Waals surface area contributed by atoms with E-state index in [1.54, 1.807) is 6.92 Å². The summed E-state index contributed by atoms with van der Waals surface area (Å²) in [6.07, 6.45) is 10.7. The molecule has 3 rings (SSSR count). The van der Waals surface area contributed by atoms with Crippen molar-refractivity contribution in [3.8, 4) is 0 Å². The molecule has 5 heteroatoms. The zero-order valence-corrected chi connectivity index (χ0v) is 16.1. The molecular formula is C20H36N2O3. The van der Waals surface area contributed by atoms with E-state index in [9.17, 15) is 9.90 Å². The molecule has 0 unspecified atom stereocenters. The Labute approximate surface area is 152 Å². The molecule has 1 N–H and O–H groups in total. The minimum absolute atomic E-state index is 0.0603. The Morgan fingerprint density at radius 3 is 2.40 bits per heavy atom. The van der Waals surface area contributed by atoms with E-state index in [-0.39, 0.29) is 11.5 Å². The fourth-order valence-corrected chi connectivity index (χ4v) is 5.02.